The number of benzene rings is 1. The zero-order valence-electron chi connectivity index (χ0n) is 11.0. The predicted molar refractivity (Wildman–Crippen MR) is 68.7 cm³/mol. The van der Waals surface area contributed by atoms with E-state index < -0.39 is 0 Å². The quantitative estimate of drug-likeness (QED) is 0.843. The van der Waals surface area contributed by atoms with Gasteiger partial charge in [-0.3, -0.25) is 0 Å². The van der Waals surface area contributed by atoms with Gasteiger partial charge in [0.15, 0.2) is 0 Å². The summed E-state index contributed by atoms with van der Waals surface area (Å²) in [7, 11) is 4.00. The Bertz CT molecular complexity index is 344. The van der Waals surface area contributed by atoms with Gasteiger partial charge in [-0.15, -0.1) is 0 Å². The summed E-state index contributed by atoms with van der Waals surface area (Å²) in [4.78, 5) is 2.06. The van der Waals surface area contributed by atoms with Gasteiger partial charge >= 0.3 is 0 Å². The number of aliphatic hydroxyl groups is 1. The molecule has 0 aliphatic heterocycles. The van der Waals surface area contributed by atoms with Crippen molar-refractivity contribution in [3.05, 3.63) is 35.4 Å². The van der Waals surface area contributed by atoms with E-state index in [1.807, 2.05) is 20.2 Å². The highest BCUT2D eigenvalue weighted by Gasteiger charge is 2.29. The van der Waals surface area contributed by atoms with Gasteiger partial charge in [-0.2, -0.15) is 0 Å². The molecule has 0 amide bonds. The Labute approximate surface area is 98.9 Å². The SMILES string of the molecule is Cc1cccc(CC(O)C(C)(C)N(C)C)c1. The number of aryl methyl sites for hydroxylation is 1. The van der Waals surface area contributed by atoms with Crippen LogP contribution in [-0.2, 0) is 6.42 Å². The van der Waals surface area contributed by atoms with E-state index >= 15 is 0 Å². The van der Waals surface area contributed by atoms with Crippen molar-refractivity contribution < 1.29 is 5.11 Å². The van der Waals surface area contributed by atoms with Gasteiger partial charge in [0.2, 0.25) is 0 Å². The fourth-order valence-electron chi connectivity index (χ4n) is 1.61. The molecule has 2 heteroatoms. The molecule has 1 rings (SSSR count). The Morgan fingerprint density at radius 1 is 1.31 bits per heavy atom. The lowest BCUT2D eigenvalue weighted by molar-refractivity contribution is 0.0182. The highest BCUT2D eigenvalue weighted by atomic mass is 16.3. The molecule has 1 unspecified atom stereocenters. The van der Waals surface area contributed by atoms with Gasteiger partial charge in [0.05, 0.1) is 6.10 Å². The maximum atomic E-state index is 10.3. The standard InChI is InChI=1S/C14H23NO/c1-11-7-6-8-12(9-11)10-13(16)14(2,3)15(4)5/h6-9,13,16H,10H2,1-5H3. The van der Waals surface area contributed by atoms with Crippen LogP contribution in [0, 0.1) is 6.92 Å². The fraction of sp³-hybridized carbons (Fsp3) is 0.571. The maximum Gasteiger partial charge on any atom is 0.0758 e. The molecular formula is C14H23NO. The fourth-order valence-corrected chi connectivity index (χ4v) is 1.61. The first-order valence-corrected chi connectivity index (χ1v) is 5.75. The number of rotatable bonds is 4. The van der Waals surface area contributed by atoms with Crippen LogP contribution in [0.15, 0.2) is 24.3 Å². The zero-order chi connectivity index (χ0) is 12.3. The lowest BCUT2D eigenvalue weighted by atomic mass is 9.90. The summed E-state index contributed by atoms with van der Waals surface area (Å²) in [6, 6.07) is 8.32. The van der Waals surface area contributed by atoms with Crippen LogP contribution in [0.4, 0.5) is 0 Å². The molecule has 0 heterocycles. The first kappa shape index (κ1) is 13.2. The largest absolute Gasteiger partial charge is 0.391 e. The molecule has 0 saturated heterocycles. The van der Waals surface area contributed by atoms with Gasteiger partial charge in [0, 0.05) is 12.0 Å². The van der Waals surface area contributed by atoms with Crippen molar-refractivity contribution in [2.24, 2.45) is 0 Å². The monoisotopic (exact) mass is 221 g/mol. The minimum Gasteiger partial charge on any atom is -0.391 e. The van der Waals surface area contributed by atoms with Crippen molar-refractivity contribution in [2.75, 3.05) is 14.1 Å². The Kier molecular flexibility index (Phi) is 4.11. The molecule has 0 fully saturated rings. The van der Waals surface area contributed by atoms with E-state index in [9.17, 15) is 5.11 Å². The number of hydrogen-bond acceptors (Lipinski definition) is 2. The zero-order valence-corrected chi connectivity index (χ0v) is 11.0. The van der Waals surface area contributed by atoms with Gasteiger partial charge in [-0.25, -0.2) is 0 Å². The molecule has 90 valence electrons. The predicted octanol–water partition coefficient (Wildman–Crippen LogP) is 2.24. The summed E-state index contributed by atoms with van der Waals surface area (Å²) >= 11 is 0. The Balaban J connectivity index is 2.75. The van der Waals surface area contributed by atoms with E-state index in [0.29, 0.717) is 6.42 Å². The molecule has 1 N–H and O–H groups in total. The first-order valence-electron chi connectivity index (χ1n) is 5.75. The van der Waals surface area contributed by atoms with Crippen LogP contribution in [0.1, 0.15) is 25.0 Å². The maximum absolute atomic E-state index is 10.3. The topological polar surface area (TPSA) is 23.5 Å². The summed E-state index contributed by atoms with van der Waals surface area (Å²) in [6.45, 7) is 6.20. The van der Waals surface area contributed by atoms with Gasteiger partial charge in [-0.1, -0.05) is 29.8 Å². The Morgan fingerprint density at radius 3 is 2.44 bits per heavy atom. The number of hydrogen-bond donors (Lipinski definition) is 1. The van der Waals surface area contributed by atoms with Crippen molar-refractivity contribution in [3.8, 4) is 0 Å². The molecule has 0 saturated carbocycles. The van der Waals surface area contributed by atoms with Crippen LogP contribution < -0.4 is 0 Å². The van der Waals surface area contributed by atoms with Gasteiger partial charge in [-0.05, 0) is 40.4 Å². The van der Waals surface area contributed by atoms with Crippen molar-refractivity contribution in [3.63, 3.8) is 0 Å². The van der Waals surface area contributed by atoms with Crippen molar-refractivity contribution in [1.29, 1.82) is 0 Å². The summed E-state index contributed by atoms with van der Waals surface area (Å²) in [5.41, 5.74) is 2.23. The van der Waals surface area contributed by atoms with Crippen molar-refractivity contribution in [1.82, 2.24) is 4.90 Å². The molecular weight excluding hydrogens is 198 g/mol. The molecule has 16 heavy (non-hydrogen) atoms. The average Bonchev–Trinajstić information content (AvgIpc) is 2.17. The van der Waals surface area contributed by atoms with Crippen LogP contribution in [0.25, 0.3) is 0 Å². The lowest BCUT2D eigenvalue weighted by Gasteiger charge is -2.37. The summed E-state index contributed by atoms with van der Waals surface area (Å²) in [6.07, 6.45) is 0.344. The smallest absolute Gasteiger partial charge is 0.0758 e. The molecule has 1 atom stereocenters. The number of likely N-dealkylation sites (N-methyl/N-ethyl adjacent to an activating group) is 1. The Hall–Kier alpha value is -0.860. The average molecular weight is 221 g/mol. The molecule has 0 spiro atoms. The third-order valence-electron chi connectivity index (χ3n) is 3.48. The third kappa shape index (κ3) is 3.06. The van der Waals surface area contributed by atoms with Crippen LogP contribution in [-0.4, -0.2) is 35.7 Å². The Morgan fingerprint density at radius 2 is 1.94 bits per heavy atom. The normalized spacial score (nSPS) is 14.2. The molecule has 0 aromatic heterocycles. The summed E-state index contributed by atoms with van der Waals surface area (Å²) in [5.74, 6) is 0. The summed E-state index contributed by atoms with van der Waals surface area (Å²) < 4.78 is 0. The lowest BCUT2D eigenvalue weighted by Crippen LogP contribution is -2.49. The second-order valence-corrected chi connectivity index (χ2v) is 5.26. The molecule has 0 bridgehead atoms. The van der Waals surface area contributed by atoms with Crippen LogP contribution in [0.2, 0.25) is 0 Å². The molecule has 2 nitrogen and oxygen atoms in total. The molecule has 0 aliphatic rings. The van der Waals surface area contributed by atoms with E-state index in [1.54, 1.807) is 0 Å². The third-order valence-corrected chi connectivity index (χ3v) is 3.48. The second kappa shape index (κ2) is 4.98. The molecule has 0 radical (unpaired) electrons. The summed E-state index contributed by atoms with van der Waals surface area (Å²) in [5, 5.41) is 10.3. The van der Waals surface area contributed by atoms with Crippen LogP contribution in [0.3, 0.4) is 0 Å². The van der Waals surface area contributed by atoms with E-state index in [2.05, 4.69) is 43.9 Å². The van der Waals surface area contributed by atoms with Crippen LogP contribution >= 0.6 is 0 Å². The number of nitrogens with zero attached hydrogens (tertiary/aromatic N) is 1. The van der Waals surface area contributed by atoms with Gasteiger partial charge in [0.1, 0.15) is 0 Å². The number of aliphatic hydroxyl groups excluding tert-OH is 1. The molecule has 1 aromatic rings. The second-order valence-electron chi connectivity index (χ2n) is 5.26. The minimum atomic E-state index is -0.357. The van der Waals surface area contributed by atoms with Crippen molar-refractivity contribution in [2.45, 2.75) is 38.8 Å². The minimum absolute atomic E-state index is 0.205. The first-order chi connectivity index (χ1) is 7.34. The van der Waals surface area contributed by atoms with Crippen LogP contribution in [0.5, 0.6) is 0 Å². The molecule has 1 aromatic carbocycles. The van der Waals surface area contributed by atoms with E-state index in [1.165, 1.54) is 11.1 Å². The van der Waals surface area contributed by atoms with E-state index in [-0.39, 0.29) is 11.6 Å². The van der Waals surface area contributed by atoms with Crippen molar-refractivity contribution >= 4 is 0 Å². The van der Waals surface area contributed by atoms with E-state index in [4.69, 9.17) is 0 Å². The highest BCUT2D eigenvalue weighted by molar-refractivity contribution is 5.23. The molecule has 0 aliphatic carbocycles. The van der Waals surface area contributed by atoms with Gasteiger partial charge in [0.25, 0.3) is 0 Å². The van der Waals surface area contributed by atoms with Gasteiger partial charge < -0.3 is 10.0 Å². The highest BCUT2D eigenvalue weighted by Crippen LogP contribution is 2.19. The van der Waals surface area contributed by atoms with E-state index in [0.717, 1.165) is 0 Å².